The molecule has 0 saturated carbocycles. The molecule has 0 saturated heterocycles. The first-order chi connectivity index (χ1) is 15.4. The van der Waals surface area contributed by atoms with Crippen molar-refractivity contribution in [3.05, 3.63) is 64.1 Å². The molecule has 2 aromatic rings. The van der Waals surface area contributed by atoms with E-state index >= 15 is 0 Å². The highest BCUT2D eigenvalue weighted by molar-refractivity contribution is 9.10. The minimum Gasteiger partial charge on any atom is -0.352 e. The lowest BCUT2D eigenvalue weighted by Gasteiger charge is -2.32. The number of carbonyl (C=O) groups is 2. The topological polar surface area (TPSA) is 86.8 Å². The van der Waals surface area contributed by atoms with Gasteiger partial charge in [0, 0.05) is 17.1 Å². The molecule has 0 unspecified atom stereocenters. The largest absolute Gasteiger partial charge is 0.352 e. The van der Waals surface area contributed by atoms with E-state index in [1.165, 1.54) is 4.90 Å². The van der Waals surface area contributed by atoms with Crippen LogP contribution in [0, 0.1) is 6.92 Å². The smallest absolute Gasteiger partial charge is 0.244 e. The van der Waals surface area contributed by atoms with Crippen molar-refractivity contribution in [2.24, 2.45) is 0 Å². The van der Waals surface area contributed by atoms with Crippen LogP contribution in [-0.2, 0) is 26.2 Å². The molecule has 9 heteroatoms. The van der Waals surface area contributed by atoms with E-state index in [1.54, 1.807) is 31.2 Å². The monoisotopic (exact) mass is 537 g/mol. The van der Waals surface area contributed by atoms with Crippen LogP contribution < -0.4 is 9.62 Å². The zero-order chi connectivity index (χ0) is 24.8. The van der Waals surface area contributed by atoms with E-state index in [-0.39, 0.29) is 18.5 Å². The van der Waals surface area contributed by atoms with Gasteiger partial charge >= 0.3 is 0 Å². The fourth-order valence-corrected chi connectivity index (χ4v) is 4.53. The molecule has 1 N–H and O–H groups in total. The Bertz CT molecular complexity index is 1090. The van der Waals surface area contributed by atoms with Gasteiger partial charge in [-0.1, -0.05) is 58.7 Å². The number of hydrogen-bond acceptors (Lipinski definition) is 4. The summed E-state index contributed by atoms with van der Waals surface area (Å²) in [7, 11) is -3.75. The predicted molar refractivity (Wildman–Crippen MR) is 135 cm³/mol. The molecule has 0 aliphatic heterocycles. The lowest BCUT2D eigenvalue weighted by atomic mass is 10.1. The molecule has 0 heterocycles. The summed E-state index contributed by atoms with van der Waals surface area (Å²) in [5.41, 5.74) is 2.26. The maximum Gasteiger partial charge on any atom is 0.244 e. The van der Waals surface area contributed by atoms with E-state index in [1.807, 2.05) is 45.0 Å². The first-order valence-corrected chi connectivity index (χ1v) is 13.4. The van der Waals surface area contributed by atoms with Gasteiger partial charge in [-0.15, -0.1) is 0 Å². The SMILES string of the molecule is CC[C@@H](C)NC(=O)[C@H](C)N(Cc1cccc(C)c1)C(=O)CN(c1cccc(Br)c1)S(C)(=O)=O. The molecule has 180 valence electrons. The highest BCUT2D eigenvalue weighted by Crippen LogP contribution is 2.23. The summed E-state index contributed by atoms with van der Waals surface area (Å²) in [4.78, 5) is 27.8. The third-order valence-electron chi connectivity index (χ3n) is 5.38. The second kappa shape index (κ2) is 11.7. The number of aryl methyl sites for hydroxylation is 1. The van der Waals surface area contributed by atoms with Crippen LogP contribution in [0.1, 0.15) is 38.3 Å². The van der Waals surface area contributed by atoms with Crippen molar-refractivity contribution in [1.82, 2.24) is 10.2 Å². The van der Waals surface area contributed by atoms with Gasteiger partial charge in [0.15, 0.2) is 0 Å². The molecule has 0 fully saturated rings. The molecule has 0 aromatic heterocycles. The molecule has 2 rings (SSSR count). The Hall–Kier alpha value is -2.39. The maximum atomic E-state index is 13.5. The minimum atomic E-state index is -3.75. The number of carbonyl (C=O) groups excluding carboxylic acids is 2. The number of rotatable bonds is 10. The van der Waals surface area contributed by atoms with Crippen LogP contribution in [0.25, 0.3) is 0 Å². The highest BCUT2D eigenvalue weighted by Gasteiger charge is 2.30. The summed E-state index contributed by atoms with van der Waals surface area (Å²) < 4.78 is 26.9. The number of nitrogens with zero attached hydrogens (tertiary/aromatic N) is 2. The average molecular weight is 539 g/mol. The summed E-state index contributed by atoms with van der Waals surface area (Å²) >= 11 is 3.35. The Kier molecular flexibility index (Phi) is 9.48. The maximum absolute atomic E-state index is 13.5. The molecule has 33 heavy (non-hydrogen) atoms. The molecular weight excluding hydrogens is 506 g/mol. The number of benzene rings is 2. The van der Waals surface area contributed by atoms with Gasteiger partial charge in [0.05, 0.1) is 11.9 Å². The zero-order valence-corrected chi connectivity index (χ0v) is 22.1. The van der Waals surface area contributed by atoms with Gasteiger partial charge in [-0.25, -0.2) is 8.42 Å². The Morgan fingerprint density at radius 3 is 2.33 bits per heavy atom. The number of sulfonamides is 1. The number of anilines is 1. The summed E-state index contributed by atoms with van der Waals surface area (Å²) in [6.07, 6.45) is 1.82. The number of hydrogen-bond donors (Lipinski definition) is 1. The van der Waals surface area contributed by atoms with Crippen LogP contribution in [0.5, 0.6) is 0 Å². The third kappa shape index (κ3) is 7.85. The van der Waals surface area contributed by atoms with Gasteiger partial charge in [0.1, 0.15) is 12.6 Å². The normalized spacial score (nSPS) is 13.2. The second-order valence-corrected chi connectivity index (χ2v) is 11.1. The summed E-state index contributed by atoms with van der Waals surface area (Å²) in [5.74, 6) is -0.743. The van der Waals surface area contributed by atoms with Crippen molar-refractivity contribution in [2.45, 2.75) is 52.7 Å². The van der Waals surface area contributed by atoms with E-state index in [0.717, 1.165) is 28.1 Å². The van der Waals surface area contributed by atoms with Crippen molar-refractivity contribution in [1.29, 1.82) is 0 Å². The van der Waals surface area contributed by atoms with Crippen LogP contribution in [-0.4, -0.2) is 50.0 Å². The number of amides is 2. The average Bonchev–Trinajstić information content (AvgIpc) is 2.74. The van der Waals surface area contributed by atoms with Crippen LogP contribution in [0.3, 0.4) is 0 Å². The summed E-state index contributed by atoms with van der Waals surface area (Å²) in [5, 5.41) is 2.91. The van der Waals surface area contributed by atoms with Gasteiger partial charge in [-0.2, -0.15) is 0 Å². The van der Waals surface area contributed by atoms with Crippen LogP contribution >= 0.6 is 15.9 Å². The summed E-state index contributed by atoms with van der Waals surface area (Å²) in [6, 6.07) is 13.6. The van der Waals surface area contributed by atoms with E-state index in [4.69, 9.17) is 0 Å². The first kappa shape index (κ1) is 26.9. The summed E-state index contributed by atoms with van der Waals surface area (Å²) in [6.45, 7) is 7.25. The lowest BCUT2D eigenvalue weighted by molar-refractivity contribution is -0.139. The van der Waals surface area contributed by atoms with Crippen LogP contribution in [0.4, 0.5) is 5.69 Å². The molecule has 2 aromatic carbocycles. The van der Waals surface area contributed by atoms with Crippen molar-refractivity contribution < 1.29 is 18.0 Å². The van der Waals surface area contributed by atoms with Gasteiger partial charge in [-0.05, 0) is 51.0 Å². The Labute approximate surface area is 205 Å². The van der Waals surface area contributed by atoms with Gasteiger partial charge in [0.2, 0.25) is 21.8 Å². The van der Waals surface area contributed by atoms with Crippen molar-refractivity contribution >= 4 is 43.5 Å². The molecule has 0 radical (unpaired) electrons. The molecule has 7 nitrogen and oxygen atoms in total. The quantitative estimate of drug-likeness (QED) is 0.498. The van der Waals surface area contributed by atoms with Gasteiger partial charge in [0.25, 0.3) is 0 Å². The lowest BCUT2D eigenvalue weighted by Crippen LogP contribution is -2.52. The van der Waals surface area contributed by atoms with Gasteiger partial charge < -0.3 is 10.2 Å². The van der Waals surface area contributed by atoms with Gasteiger partial charge in [-0.3, -0.25) is 13.9 Å². The minimum absolute atomic E-state index is 0.0370. The van der Waals surface area contributed by atoms with E-state index < -0.39 is 28.5 Å². The highest BCUT2D eigenvalue weighted by atomic mass is 79.9. The fraction of sp³-hybridized carbons (Fsp3) is 0.417. The predicted octanol–water partition coefficient (Wildman–Crippen LogP) is 3.86. The van der Waals surface area contributed by atoms with Crippen molar-refractivity contribution in [2.75, 3.05) is 17.1 Å². The third-order valence-corrected chi connectivity index (χ3v) is 7.01. The second-order valence-electron chi connectivity index (χ2n) is 8.25. The molecule has 0 aliphatic carbocycles. The Morgan fingerprint density at radius 1 is 1.09 bits per heavy atom. The first-order valence-electron chi connectivity index (χ1n) is 10.8. The van der Waals surface area contributed by atoms with E-state index in [9.17, 15) is 18.0 Å². The van der Waals surface area contributed by atoms with Crippen molar-refractivity contribution in [3.8, 4) is 0 Å². The van der Waals surface area contributed by atoms with Crippen LogP contribution in [0.2, 0.25) is 0 Å². The van der Waals surface area contributed by atoms with E-state index in [0.29, 0.717) is 10.2 Å². The molecule has 0 spiro atoms. The number of nitrogens with one attached hydrogen (secondary N) is 1. The number of halogens is 1. The standard InChI is InChI=1S/C24H32BrN3O4S/c1-6-18(3)26-24(30)19(4)27(15-20-10-7-9-17(2)13-20)23(29)16-28(33(5,31)32)22-12-8-11-21(25)14-22/h7-14,18-19H,6,15-16H2,1-5H3,(H,26,30)/t18-,19+/m1/s1. The Balaban J connectivity index is 2.38. The fourth-order valence-electron chi connectivity index (χ4n) is 3.30. The molecule has 2 atom stereocenters. The molecule has 0 bridgehead atoms. The van der Waals surface area contributed by atoms with Crippen LogP contribution in [0.15, 0.2) is 53.0 Å². The van der Waals surface area contributed by atoms with E-state index in [2.05, 4.69) is 21.2 Å². The van der Waals surface area contributed by atoms with Crippen molar-refractivity contribution in [3.63, 3.8) is 0 Å². The zero-order valence-electron chi connectivity index (χ0n) is 19.7. The molecule has 2 amide bonds. The molecule has 0 aliphatic rings. The molecular formula is C24H32BrN3O4S. The Morgan fingerprint density at radius 2 is 1.76 bits per heavy atom.